The Labute approximate surface area is 136 Å². The van der Waals surface area contributed by atoms with E-state index < -0.39 is 13.9 Å². The van der Waals surface area contributed by atoms with Gasteiger partial charge in [0.2, 0.25) is 0 Å². The van der Waals surface area contributed by atoms with Gasteiger partial charge in [0.25, 0.3) is 0 Å². The molecule has 0 radical (unpaired) electrons. The lowest BCUT2D eigenvalue weighted by atomic mass is 10.1. The van der Waals surface area contributed by atoms with Crippen LogP contribution in [0.25, 0.3) is 0 Å². The second-order valence-corrected chi connectivity index (χ2v) is 13.5. The maximum absolute atomic E-state index is 12.2. The monoisotopic (exact) mass is 331 g/mol. The highest BCUT2D eigenvalue weighted by Crippen LogP contribution is 2.39. The summed E-state index contributed by atoms with van der Waals surface area (Å²) in [6, 6.07) is 0. The molecular formula is C16H33NO4Si. The highest BCUT2D eigenvalue weighted by Gasteiger charge is 2.44. The van der Waals surface area contributed by atoms with Gasteiger partial charge in [-0.2, -0.15) is 0 Å². The van der Waals surface area contributed by atoms with Crippen LogP contribution in [0.2, 0.25) is 18.1 Å². The molecule has 2 unspecified atom stereocenters. The average Bonchev–Trinajstić information content (AvgIpc) is 2.67. The molecule has 0 bridgehead atoms. The second kappa shape index (κ2) is 6.49. The fourth-order valence-corrected chi connectivity index (χ4v) is 3.56. The van der Waals surface area contributed by atoms with Crippen molar-refractivity contribution in [3.05, 3.63) is 0 Å². The van der Waals surface area contributed by atoms with Crippen molar-refractivity contribution in [1.82, 2.24) is 4.90 Å². The average molecular weight is 332 g/mol. The highest BCUT2D eigenvalue weighted by molar-refractivity contribution is 6.74. The van der Waals surface area contributed by atoms with Crippen LogP contribution in [0.3, 0.4) is 0 Å². The first kappa shape index (κ1) is 19.5. The molecule has 0 aromatic carbocycles. The minimum atomic E-state index is -1.93. The third-order valence-corrected chi connectivity index (χ3v) is 9.02. The van der Waals surface area contributed by atoms with E-state index in [4.69, 9.17) is 9.16 Å². The molecule has 1 aliphatic rings. The summed E-state index contributed by atoms with van der Waals surface area (Å²) in [5, 5.41) is 9.73. The Morgan fingerprint density at radius 1 is 1.18 bits per heavy atom. The topological polar surface area (TPSA) is 59.0 Å². The van der Waals surface area contributed by atoms with Gasteiger partial charge in [-0.15, -0.1) is 0 Å². The minimum absolute atomic E-state index is 0.0264. The number of likely N-dealkylation sites (tertiary alicyclic amines) is 1. The minimum Gasteiger partial charge on any atom is -0.444 e. The molecule has 0 saturated carbocycles. The van der Waals surface area contributed by atoms with Gasteiger partial charge in [-0.05, 0) is 38.9 Å². The van der Waals surface area contributed by atoms with Crippen molar-refractivity contribution >= 4 is 14.4 Å². The molecule has 1 amide bonds. The van der Waals surface area contributed by atoms with Crippen molar-refractivity contribution in [2.45, 2.75) is 71.4 Å². The number of amides is 1. The summed E-state index contributed by atoms with van der Waals surface area (Å²) in [5.74, 6) is -0.0401. The first-order valence-corrected chi connectivity index (χ1v) is 10.9. The number of carbonyl (C=O) groups excluding carboxylic acids is 1. The van der Waals surface area contributed by atoms with Crippen LogP contribution in [-0.4, -0.2) is 55.8 Å². The molecule has 1 heterocycles. The van der Waals surface area contributed by atoms with E-state index in [2.05, 4.69) is 33.9 Å². The predicted octanol–water partition coefficient (Wildman–Crippen LogP) is 3.24. The molecule has 1 fully saturated rings. The maximum Gasteiger partial charge on any atom is 0.410 e. The molecule has 0 aliphatic carbocycles. The van der Waals surface area contributed by atoms with E-state index >= 15 is 0 Å². The van der Waals surface area contributed by atoms with Gasteiger partial charge in [-0.25, -0.2) is 4.79 Å². The molecular weight excluding hydrogens is 298 g/mol. The fraction of sp³-hybridized carbons (Fsp3) is 0.938. The van der Waals surface area contributed by atoms with E-state index in [9.17, 15) is 9.90 Å². The first-order chi connectivity index (χ1) is 9.77. The summed E-state index contributed by atoms with van der Waals surface area (Å²) in [4.78, 5) is 13.9. The Kier molecular flexibility index (Phi) is 5.74. The number of rotatable bonds is 3. The molecule has 5 nitrogen and oxygen atoms in total. The number of carbonyl (C=O) groups is 1. The molecule has 1 N–H and O–H groups in total. The highest BCUT2D eigenvalue weighted by atomic mass is 28.4. The van der Waals surface area contributed by atoms with Crippen LogP contribution in [0.4, 0.5) is 4.79 Å². The number of hydrogen-bond acceptors (Lipinski definition) is 4. The smallest absolute Gasteiger partial charge is 0.410 e. The number of aliphatic hydroxyl groups is 1. The van der Waals surface area contributed by atoms with Crippen LogP contribution in [-0.2, 0) is 9.16 Å². The molecule has 22 heavy (non-hydrogen) atoms. The summed E-state index contributed by atoms with van der Waals surface area (Å²) >= 11 is 0. The summed E-state index contributed by atoms with van der Waals surface area (Å²) < 4.78 is 11.8. The lowest BCUT2D eigenvalue weighted by Crippen LogP contribution is -2.46. The van der Waals surface area contributed by atoms with Crippen LogP contribution in [0.15, 0.2) is 0 Å². The van der Waals surface area contributed by atoms with E-state index in [1.165, 1.54) is 0 Å². The van der Waals surface area contributed by atoms with Crippen LogP contribution in [0, 0.1) is 5.92 Å². The standard InChI is InChI=1S/C16H33NO4Si/c1-15(2,3)20-14(19)17-9-12(11-18)13(10-17)21-22(7,8)16(4,5)6/h12-13,18H,9-11H2,1-8H3. The first-order valence-electron chi connectivity index (χ1n) is 8.03. The number of aliphatic hydroxyl groups excluding tert-OH is 1. The van der Waals surface area contributed by atoms with Crippen molar-refractivity contribution in [3.63, 3.8) is 0 Å². The number of ether oxygens (including phenoxy) is 1. The third kappa shape index (κ3) is 4.96. The Morgan fingerprint density at radius 2 is 1.73 bits per heavy atom. The molecule has 2 atom stereocenters. The fourth-order valence-electron chi connectivity index (χ4n) is 2.18. The van der Waals surface area contributed by atoms with Crippen LogP contribution in [0.5, 0.6) is 0 Å². The maximum atomic E-state index is 12.2. The molecule has 0 aromatic rings. The van der Waals surface area contributed by atoms with Gasteiger partial charge >= 0.3 is 6.09 Å². The van der Waals surface area contributed by atoms with Gasteiger partial charge in [0.15, 0.2) is 8.32 Å². The molecule has 6 heteroatoms. The quantitative estimate of drug-likeness (QED) is 0.807. The second-order valence-electron chi connectivity index (χ2n) is 8.74. The Morgan fingerprint density at radius 3 is 2.14 bits per heavy atom. The summed E-state index contributed by atoms with van der Waals surface area (Å²) in [6.07, 6.45) is -0.439. The van der Waals surface area contributed by atoms with Crippen molar-refractivity contribution in [1.29, 1.82) is 0 Å². The SMILES string of the molecule is CC(C)(C)OC(=O)N1CC(CO)C(O[Si](C)(C)C(C)(C)C)C1. The normalized spacial score (nSPS) is 23.8. The van der Waals surface area contributed by atoms with Crippen LogP contribution in [0.1, 0.15) is 41.5 Å². The Bertz CT molecular complexity index is 398. The van der Waals surface area contributed by atoms with Crippen molar-refractivity contribution < 1.29 is 19.1 Å². The van der Waals surface area contributed by atoms with E-state index in [0.29, 0.717) is 13.1 Å². The van der Waals surface area contributed by atoms with E-state index in [-0.39, 0.29) is 29.8 Å². The van der Waals surface area contributed by atoms with E-state index in [1.54, 1.807) is 4.90 Å². The van der Waals surface area contributed by atoms with Crippen molar-refractivity contribution in [2.24, 2.45) is 5.92 Å². The summed E-state index contributed by atoms with van der Waals surface area (Å²) in [5.41, 5.74) is -0.510. The van der Waals surface area contributed by atoms with Gasteiger partial charge in [0.05, 0.1) is 12.7 Å². The molecule has 1 rings (SSSR count). The van der Waals surface area contributed by atoms with Gasteiger partial charge in [-0.1, -0.05) is 20.8 Å². The largest absolute Gasteiger partial charge is 0.444 e. The van der Waals surface area contributed by atoms with Gasteiger partial charge < -0.3 is 19.2 Å². The lowest BCUT2D eigenvalue weighted by molar-refractivity contribution is 0.0272. The van der Waals surface area contributed by atoms with Gasteiger partial charge in [0.1, 0.15) is 5.60 Å². The van der Waals surface area contributed by atoms with E-state index in [1.807, 2.05) is 20.8 Å². The zero-order chi connectivity index (χ0) is 17.3. The van der Waals surface area contributed by atoms with Gasteiger partial charge in [-0.3, -0.25) is 0 Å². The molecule has 0 spiro atoms. The molecule has 130 valence electrons. The van der Waals surface area contributed by atoms with Crippen LogP contribution < -0.4 is 0 Å². The van der Waals surface area contributed by atoms with Crippen molar-refractivity contribution in [3.8, 4) is 0 Å². The van der Waals surface area contributed by atoms with Crippen LogP contribution >= 0.6 is 0 Å². The summed E-state index contributed by atoms with van der Waals surface area (Å²) in [6.45, 7) is 17.5. The predicted molar refractivity (Wildman–Crippen MR) is 90.5 cm³/mol. The van der Waals surface area contributed by atoms with Crippen molar-refractivity contribution in [2.75, 3.05) is 19.7 Å². The van der Waals surface area contributed by atoms with E-state index in [0.717, 1.165) is 0 Å². The number of nitrogens with zero attached hydrogens (tertiary/aromatic N) is 1. The Hall–Kier alpha value is -0.593. The van der Waals surface area contributed by atoms with Gasteiger partial charge in [0, 0.05) is 19.0 Å². The molecule has 0 aromatic heterocycles. The third-order valence-electron chi connectivity index (χ3n) is 4.52. The zero-order valence-electron chi connectivity index (χ0n) is 15.4. The Balaban J connectivity index is 2.76. The number of hydrogen-bond donors (Lipinski definition) is 1. The molecule has 1 saturated heterocycles. The summed E-state index contributed by atoms with van der Waals surface area (Å²) in [7, 11) is -1.93. The molecule has 1 aliphatic heterocycles. The lowest BCUT2D eigenvalue weighted by Gasteiger charge is -2.39. The zero-order valence-corrected chi connectivity index (χ0v) is 16.4.